The van der Waals surface area contributed by atoms with Crippen molar-refractivity contribution in [1.82, 2.24) is 0 Å². The van der Waals surface area contributed by atoms with E-state index in [2.05, 4.69) is 4.18 Å². The van der Waals surface area contributed by atoms with Crippen molar-refractivity contribution < 1.29 is 31.4 Å². The highest BCUT2D eigenvalue weighted by Gasteiger charge is 2.47. The maximum absolute atomic E-state index is 12.6. The largest absolute Gasteiger partial charge is 0.464 e. The minimum absolute atomic E-state index is 0.153. The minimum atomic E-state index is -3.71. The Bertz CT molecular complexity index is 706. The van der Waals surface area contributed by atoms with Crippen molar-refractivity contribution in [3.05, 3.63) is 35.9 Å². The first-order chi connectivity index (χ1) is 12.7. The predicted molar refractivity (Wildman–Crippen MR) is 104 cm³/mol. The Morgan fingerprint density at radius 2 is 1.81 bits per heavy atom. The van der Waals surface area contributed by atoms with Crippen LogP contribution in [0.15, 0.2) is 30.3 Å². The van der Waals surface area contributed by atoms with Crippen LogP contribution in [-0.2, 0) is 39.6 Å². The molecule has 0 aliphatic rings. The molecule has 0 aliphatic carbocycles. The molecule has 0 spiro atoms. The van der Waals surface area contributed by atoms with E-state index in [0.29, 0.717) is 12.8 Å². The molecule has 0 N–H and O–H groups in total. The van der Waals surface area contributed by atoms with Gasteiger partial charge in [0.05, 0.1) is 12.9 Å². The van der Waals surface area contributed by atoms with Crippen molar-refractivity contribution >= 4 is 23.9 Å². The molecule has 0 heterocycles. The number of carbonyl (C=O) groups excluding carboxylic acids is 1. The van der Waals surface area contributed by atoms with Crippen molar-refractivity contribution in [3.63, 3.8) is 0 Å². The SMILES string of the molecule is CCOC(=O)C(CCCc1ccccc1)(C[P+](=O)COS(C)(=O)=O)OCC. The summed E-state index contributed by atoms with van der Waals surface area (Å²) in [4.78, 5) is 12.6. The molecule has 0 radical (unpaired) electrons. The maximum Gasteiger partial charge on any atom is 0.371 e. The molecule has 0 saturated heterocycles. The zero-order valence-corrected chi connectivity index (χ0v) is 17.8. The molecule has 0 bridgehead atoms. The predicted octanol–water partition coefficient (Wildman–Crippen LogP) is 3.11. The molecule has 1 rings (SSSR count). The van der Waals surface area contributed by atoms with E-state index in [0.717, 1.165) is 18.2 Å². The summed E-state index contributed by atoms with van der Waals surface area (Å²) in [6.07, 6.45) is 1.91. The standard InChI is InChI=1S/C18H28O7PS/c1-4-23-17(19)18(24-5-2,14-26(20)15-25-27(3,21)22)13-9-12-16-10-7-6-8-11-16/h6-8,10-11H,4-5,9,12-15H2,1-3H3/q+1. The molecule has 0 aliphatic heterocycles. The third kappa shape index (κ3) is 8.93. The number of carbonyl (C=O) groups is 1. The van der Waals surface area contributed by atoms with E-state index in [1.807, 2.05) is 30.3 Å². The van der Waals surface area contributed by atoms with Crippen molar-refractivity contribution in [1.29, 1.82) is 0 Å². The highest BCUT2D eigenvalue weighted by atomic mass is 32.2. The van der Waals surface area contributed by atoms with Crippen molar-refractivity contribution in [2.45, 2.75) is 38.7 Å². The van der Waals surface area contributed by atoms with Crippen LogP contribution in [0.1, 0.15) is 32.3 Å². The number of ether oxygens (including phenoxy) is 2. The highest BCUT2D eigenvalue weighted by Crippen LogP contribution is 2.34. The monoisotopic (exact) mass is 419 g/mol. The van der Waals surface area contributed by atoms with Crippen LogP contribution in [0.2, 0.25) is 0 Å². The van der Waals surface area contributed by atoms with E-state index in [9.17, 15) is 17.8 Å². The third-order valence-electron chi connectivity index (χ3n) is 3.80. The molecule has 1 aromatic carbocycles. The maximum atomic E-state index is 12.6. The average molecular weight is 419 g/mol. The Kier molecular flexibility index (Phi) is 10.1. The zero-order valence-electron chi connectivity index (χ0n) is 16.0. The molecule has 27 heavy (non-hydrogen) atoms. The fraction of sp³-hybridized carbons (Fsp3) is 0.611. The van der Waals surface area contributed by atoms with Crippen LogP contribution < -0.4 is 0 Å². The lowest BCUT2D eigenvalue weighted by Crippen LogP contribution is -2.46. The molecule has 0 fully saturated rings. The van der Waals surface area contributed by atoms with Crippen LogP contribution in [0.25, 0.3) is 0 Å². The summed E-state index contributed by atoms with van der Waals surface area (Å²) in [6, 6.07) is 9.80. The average Bonchev–Trinajstić information content (AvgIpc) is 2.60. The molecule has 0 aromatic heterocycles. The number of esters is 1. The molecular weight excluding hydrogens is 391 g/mol. The molecular formula is C18H28O7PS+. The van der Waals surface area contributed by atoms with Gasteiger partial charge in [0, 0.05) is 6.61 Å². The number of benzene rings is 1. The van der Waals surface area contributed by atoms with Gasteiger partial charge in [0.15, 0.2) is 6.16 Å². The van der Waals surface area contributed by atoms with E-state index in [1.54, 1.807) is 13.8 Å². The van der Waals surface area contributed by atoms with Crippen molar-refractivity contribution in [2.75, 3.05) is 32.0 Å². The molecule has 2 atom stereocenters. The minimum Gasteiger partial charge on any atom is -0.464 e. The number of rotatable bonds is 13. The Labute approximate surface area is 162 Å². The Morgan fingerprint density at radius 3 is 2.37 bits per heavy atom. The van der Waals surface area contributed by atoms with Gasteiger partial charge in [-0.15, -0.1) is 0 Å². The fourth-order valence-corrected chi connectivity index (χ4v) is 4.94. The van der Waals surface area contributed by atoms with E-state index >= 15 is 0 Å². The Morgan fingerprint density at radius 1 is 1.15 bits per heavy atom. The van der Waals surface area contributed by atoms with E-state index in [-0.39, 0.29) is 19.4 Å². The Hall–Kier alpha value is -1.34. The van der Waals surface area contributed by atoms with Gasteiger partial charge in [-0.2, -0.15) is 8.42 Å². The van der Waals surface area contributed by atoms with E-state index in [4.69, 9.17) is 9.47 Å². The van der Waals surface area contributed by atoms with Gasteiger partial charge >= 0.3 is 13.8 Å². The van der Waals surface area contributed by atoms with Crippen LogP contribution in [0.5, 0.6) is 0 Å². The molecule has 7 nitrogen and oxygen atoms in total. The van der Waals surface area contributed by atoms with Crippen LogP contribution in [0.4, 0.5) is 0 Å². The van der Waals surface area contributed by atoms with Crippen molar-refractivity contribution in [3.8, 4) is 0 Å². The van der Waals surface area contributed by atoms with Crippen LogP contribution in [0.3, 0.4) is 0 Å². The molecule has 2 unspecified atom stereocenters. The normalized spacial score (nSPS) is 14.4. The smallest absolute Gasteiger partial charge is 0.371 e. The summed E-state index contributed by atoms with van der Waals surface area (Å²) in [6.45, 7) is 3.83. The summed E-state index contributed by atoms with van der Waals surface area (Å²) in [5.41, 5.74) is -0.259. The van der Waals surface area contributed by atoms with Gasteiger partial charge < -0.3 is 9.47 Å². The Balaban J connectivity index is 2.88. The van der Waals surface area contributed by atoms with Gasteiger partial charge in [0.1, 0.15) is 0 Å². The van der Waals surface area contributed by atoms with Gasteiger partial charge in [-0.25, -0.2) is 8.98 Å². The summed E-state index contributed by atoms with van der Waals surface area (Å²) >= 11 is 0. The molecule has 0 saturated carbocycles. The molecule has 0 amide bonds. The van der Waals surface area contributed by atoms with Gasteiger partial charge in [0.2, 0.25) is 5.60 Å². The van der Waals surface area contributed by atoms with Crippen LogP contribution in [0, 0.1) is 0 Å². The van der Waals surface area contributed by atoms with Gasteiger partial charge in [-0.05, 0) is 38.7 Å². The van der Waals surface area contributed by atoms with E-state index in [1.165, 1.54) is 0 Å². The van der Waals surface area contributed by atoms with Crippen LogP contribution >= 0.6 is 7.80 Å². The van der Waals surface area contributed by atoms with Crippen LogP contribution in [-0.4, -0.2) is 52.0 Å². The van der Waals surface area contributed by atoms with Gasteiger partial charge in [-0.1, -0.05) is 34.9 Å². The highest BCUT2D eigenvalue weighted by molar-refractivity contribution is 7.86. The second kappa shape index (κ2) is 11.5. The zero-order chi connectivity index (χ0) is 20.3. The van der Waals surface area contributed by atoms with Gasteiger partial charge in [-0.3, -0.25) is 0 Å². The molecule has 1 aromatic rings. The summed E-state index contributed by atoms with van der Waals surface area (Å²) in [5.74, 6) is -0.581. The first kappa shape index (κ1) is 23.7. The number of aryl methyl sites for hydroxylation is 1. The quantitative estimate of drug-likeness (QED) is 0.275. The second-order valence-electron chi connectivity index (χ2n) is 6.08. The first-order valence-electron chi connectivity index (χ1n) is 8.84. The topological polar surface area (TPSA) is 96.0 Å². The second-order valence-corrected chi connectivity index (χ2v) is 9.26. The molecule has 152 valence electrons. The first-order valence-corrected chi connectivity index (χ1v) is 12.3. The molecule has 9 heteroatoms. The number of hydrogen-bond donors (Lipinski definition) is 0. The number of hydrogen-bond acceptors (Lipinski definition) is 7. The lowest BCUT2D eigenvalue weighted by atomic mass is 9.96. The van der Waals surface area contributed by atoms with E-state index < -0.39 is 35.8 Å². The summed E-state index contributed by atoms with van der Waals surface area (Å²) in [5, 5.41) is 0. The fourth-order valence-electron chi connectivity index (χ4n) is 2.67. The lowest BCUT2D eigenvalue weighted by Gasteiger charge is -2.27. The summed E-state index contributed by atoms with van der Waals surface area (Å²) < 4.78 is 50.1. The van der Waals surface area contributed by atoms with Gasteiger partial charge in [0.25, 0.3) is 16.5 Å². The third-order valence-corrected chi connectivity index (χ3v) is 5.80. The lowest BCUT2D eigenvalue weighted by molar-refractivity contribution is -0.170. The van der Waals surface area contributed by atoms with Crippen molar-refractivity contribution in [2.24, 2.45) is 0 Å². The summed E-state index contributed by atoms with van der Waals surface area (Å²) in [7, 11) is -5.85.